The fraction of sp³-hybridized carbons (Fsp3) is 0.0714. The predicted molar refractivity (Wildman–Crippen MR) is 61.9 cm³/mol. The fourth-order valence-corrected chi connectivity index (χ4v) is 1.73. The molecule has 86 valence electrons. The summed E-state index contributed by atoms with van der Waals surface area (Å²) in [5, 5.41) is 0. The lowest BCUT2D eigenvalue weighted by Gasteiger charge is -2.05. The van der Waals surface area contributed by atoms with Crippen molar-refractivity contribution in [2.75, 3.05) is 0 Å². The van der Waals surface area contributed by atoms with Crippen molar-refractivity contribution in [3.63, 3.8) is 0 Å². The van der Waals surface area contributed by atoms with Crippen LogP contribution in [0.4, 0.5) is 8.78 Å². The van der Waals surface area contributed by atoms with Crippen LogP contribution in [0.3, 0.4) is 0 Å². The quantitative estimate of drug-likeness (QED) is 0.720. The molecular weight excluding hydrogens is 222 g/mol. The van der Waals surface area contributed by atoms with E-state index in [1.54, 1.807) is 13.0 Å². The van der Waals surface area contributed by atoms with Crippen molar-refractivity contribution >= 4 is 6.29 Å². The van der Waals surface area contributed by atoms with Crippen LogP contribution >= 0.6 is 0 Å². The molecule has 0 atom stereocenters. The van der Waals surface area contributed by atoms with Crippen molar-refractivity contribution in [2.24, 2.45) is 0 Å². The van der Waals surface area contributed by atoms with Gasteiger partial charge >= 0.3 is 0 Å². The molecule has 0 aromatic heterocycles. The van der Waals surface area contributed by atoms with Crippen molar-refractivity contribution in [3.05, 3.63) is 59.2 Å². The molecule has 3 heteroatoms. The van der Waals surface area contributed by atoms with Gasteiger partial charge in [0.1, 0.15) is 17.9 Å². The summed E-state index contributed by atoms with van der Waals surface area (Å²) in [6.45, 7) is 1.74. The van der Waals surface area contributed by atoms with E-state index in [1.165, 1.54) is 24.3 Å². The van der Waals surface area contributed by atoms with Gasteiger partial charge in [-0.1, -0.05) is 18.2 Å². The van der Waals surface area contributed by atoms with Crippen LogP contribution in [0, 0.1) is 18.6 Å². The molecule has 0 aliphatic heterocycles. The number of carbonyl (C=O) groups excluding carboxylic acids is 1. The summed E-state index contributed by atoms with van der Waals surface area (Å²) in [6, 6.07) is 8.47. The summed E-state index contributed by atoms with van der Waals surface area (Å²) in [5.74, 6) is -0.932. The highest BCUT2D eigenvalue weighted by Gasteiger charge is 2.07. The molecule has 0 aliphatic rings. The fourth-order valence-electron chi connectivity index (χ4n) is 1.73. The Balaban J connectivity index is 2.56. The monoisotopic (exact) mass is 232 g/mol. The third-order valence-corrected chi connectivity index (χ3v) is 2.48. The standard InChI is InChI=1S/C14H10F2O/c1-9-4-11(7-12(15)5-9)13-3-2-10(8-17)6-14(13)16/h2-8H,1H3. The largest absolute Gasteiger partial charge is 0.298 e. The van der Waals surface area contributed by atoms with Gasteiger partial charge in [0.25, 0.3) is 0 Å². The van der Waals surface area contributed by atoms with Crippen molar-refractivity contribution < 1.29 is 13.6 Å². The van der Waals surface area contributed by atoms with Gasteiger partial charge in [-0.2, -0.15) is 0 Å². The molecular formula is C14H10F2O. The minimum absolute atomic E-state index is 0.263. The topological polar surface area (TPSA) is 17.1 Å². The maximum atomic E-state index is 13.7. The molecule has 0 saturated heterocycles. The van der Waals surface area contributed by atoms with Gasteiger partial charge in [-0.15, -0.1) is 0 Å². The summed E-state index contributed by atoms with van der Waals surface area (Å²) in [6.07, 6.45) is 0.573. The summed E-state index contributed by atoms with van der Waals surface area (Å²) in [4.78, 5) is 10.5. The molecule has 2 rings (SSSR count). The van der Waals surface area contributed by atoms with Crippen molar-refractivity contribution in [2.45, 2.75) is 6.92 Å². The van der Waals surface area contributed by atoms with Crippen LogP contribution in [0.15, 0.2) is 36.4 Å². The van der Waals surface area contributed by atoms with E-state index in [0.717, 1.165) is 11.6 Å². The molecule has 1 nitrogen and oxygen atoms in total. The Hall–Kier alpha value is -2.03. The number of carbonyl (C=O) groups is 1. The molecule has 0 aliphatic carbocycles. The molecule has 0 radical (unpaired) electrons. The molecule has 17 heavy (non-hydrogen) atoms. The van der Waals surface area contributed by atoms with E-state index in [-0.39, 0.29) is 5.56 Å². The molecule has 0 saturated carbocycles. The lowest BCUT2D eigenvalue weighted by atomic mass is 10.0. The molecule has 0 bridgehead atoms. The van der Waals surface area contributed by atoms with Crippen LogP contribution in [0.25, 0.3) is 11.1 Å². The minimum atomic E-state index is -0.528. The molecule has 2 aromatic rings. The van der Waals surface area contributed by atoms with Crippen LogP contribution in [-0.4, -0.2) is 6.29 Å². The summed E-state index contributed by atoms with van der Waals surface area (Å²) in [5.41, 5.74) is 1.74. The number of hydrogen-bond donors (Lipinski definition) is 0. The normalized spacial score (nSPS) is 10.3. The van der Waals surface area contributed by atoms with Crippen LogP contribution in [0.1, 0.15) is 15.9 Å². The predicted octanol–water partition coefficient (Wildman–Crippen LogP) is 3.75. The first-order valence-electron chi connectivity index (χ1n) is 5.12. The van der Waals surface area contributed by atoms with E-state index in [2.05, 4.69) is 0 Å². The number of aldehydes is 1. The van der Waals surface area contributed by atoms with Gasteiger partial charge in [-0.05, 0) is 36.2 Å². The first-order valence-corrected chi connectivity index (χ1v) is 5.12. The lowest BCUT2D eigenvalue weighted by Crippen LogP contribution is -1.89. The van der Waals surface area contributed by atoms with E-state index in [9.17, 15) is 13.6 Å². The Morgan fingerprint density at radius 3 is 2.41 bits per heavy atom. The van der Waals surface area contributed by atoms with E-state index in [4.69, 9.17) is 0 Å². The second-order valence-electron chi connectivity index (χ2n) is 3.87. The molecule has 2 aromatic carbocycles. The number of benzene rings is 2. The van der Waals surface area contributed by atoms with Crippen LogP contribution in [0.2, 0.25) is 0 Å². The van der Waals surface area contributed by atoms with Crippen molar-refractivity contribution in [3.8, 4) is 11.1 Å². The van der Waals surface area contributed by atoms with Gasteiger partial charge in [-0.3, -0.25) is 4.79 Å². The summed E-state index contributed by atoms with van der Waals surface area (Å²) >= 11 is 0. The Bertz CT molecular complexity index is 556. The Morgan fingerprint density at radius 2 is 1.82 bits per heavy atom. The highest BCUT2D eigenvalue weighted by atomic mass is 19.1. The molecule has 0 amide bonds. The van der Waals surface area contributed by atoms with E-state index in [1.807, 2.05) is 0 Å². The smallest absolute Gasteiger partial charge is 0.150 e. The highest BCUT2D eigenvalue weighted by Crippen LogP contribution is 2.25. The number of halogens is 2. The Labute approximate surface area is 97.7 Å². The minimum Gasteiger partial charge on any atom is -0.298 e. The lowest BCUT2D eigenvalue weighted by molar-refractivity contribution is 0.112. The van der Waals surface area contributed by atoms with Crippen LogP contribution in [-0.2, 0) is 0 Å². The second kappa shape index (κ2) is 4.45. The maximum Gasteiger partial charge on any atom is 0.150 e. The van der Waals surface area contributed by atoms with E-state index < -0.39 is 11.6 Å². The Kier molecular flexibility index (Phi) is 3.00. The zero-order chi connectivity index (χ0) is 12.4. The van der Waals surface area contributed by atoms with Crippen molar-refractivity contribution in [1.82, 2.24) is 0 Å². The molecule has 0 unspecified atom stereocenters. The van der Waals surface area contributed by atoms with Gasteiger partial charge in [-0.25, -0.2) is 8.78 Å². The number of aryl methyl sites for hydroxylation is 1. The molecule has 0 N–H and O–H groups in total. The SMILES string of the molecule is Cc1cc(F)cc(-c2ccc(C=O)cc2F)c1. The highest BCUT2D eigenvalue weighted by molar-refractivity contribution is 5.77. The van der Waals surface area contributed by atoms with Crippen molar-refractivity contribution in [1.29, 1.82) is 0 Å². The third kappa shape index (κ3) is 2.38. The van der Waals surface area contributed by atoms with Gasteiger partial charge in [0.2, 0.25) is 0 Å². The van der Waals surface area contributed by atoms with E-state index in [0.29, 0.717) is 17.4 Å². The molecule has 0 spiro atoms. The zero-order valence-corrected chi connectivity index (χ0v) is 9.21. The van der Waals surface area contributed by atoms with Gasteiger partial charge in [0.05, 0.1) is 0 Å². The maximum absolute atomic E-state index is 13.7. The average Bonchev–Trinajstić information content (AvgIpc) is 2.27. The summed E-state index contributed by atoms with van der Waals surface area (Å²) in [7, 11) is 0. The molecule has 0 fully saturated rings. The number of hydrogen-bond acceptors (Lipinski definition) is 1. The Morgan fingerprint density at radius 1 is 1.06 bits per heavy atom. The first-order chi connectivity index (χ1) is 8.10. The van der Waals surface area contributed by atoms with Gasteiger partial charge in [0, 0.05) is 11.1 Å². The average molecular weight is 232 g/mol. The zero-order valence-electron chi connectivity index (χ0n) is 9.21. The second-order valence-corrected chi connectivity index (χ2v) is 3.87. The van der Waals surface area contributed by atoms with E-state index >= 15 is 0 Å². The van der Waals surface area contributed by atoms with Gasteiger partial charge in [0.15, 0.2) is 0 Å². The molecule has 0 heterocycles. The first kappa shape index (κ1) is 11.5. The summed E-state index contributed by atoms with van der Waals surface area (Å²) < 4.78 is 26.9. The van der Waals surface area contributed by atoms with Gasteiger partial charge < -0.3 is 0 Å². The van der Waals surface area contributed by atoms with Crippen LogP contribution in [0.5, 0.6) is 0 Å². The van der Waals surface area contributed by atoms with Crippen LogP contribution < -0.4 is 0 Å². The third-order valence-electron chi connectivity index (χ3n) is 2.48. The number of rotatable bonds is 2.